The number of nitrogens with zero attached hydrogens (tertiary/aromatic N) is 2. The van der Waals surface area contributed by atoms with E-state index in [1.165, 1.54) is 0 Å². The summed E-state index contributed by atoms with van der Waals surface area (Å²) in [6, 6.07) is 6.75. The smallest absolute Gasteiger partial charge is 0.285 e. The molecular weight excluding hydrogens is 214 g/mol. The Balaban J connectivity index is 2.54. The third kappa shape index (κ3) is 1.73. The molecule has 1 heterocycles. The first-order valence-corrected chi connectivity index (χ1v) is 5.83. The van der Waals surface area contributed by atoms with Gasteiger partial charge in [-0.1, -0.05) is 12.1 Å². The minimum absolute atomic E-state index is 0.259. The molecule has 1 aromatic rings. The van der Waals surface area contributed by atoms with Crippen molar-refractivity contribution in [1.82, 2.24) is 10.4 Å². The van der Waals surface area contributed by atoms with Gasteiger partial charge in [0.15, 0.2) is 5.84 Å². The van der Waals surface area contributed by atoms with Gasteiger partial charge in [-0.05, 0) is 12.1 Å². The molecule has 5 nitrogen and oxygen atoms in total. The van der Waals surface area contributed by atoms with Gasteiger partial charge in [-0.15, -0.1) is 4.40 Å². The Hall–Kier alpha value is -1.40. The Morgan fingerprint density at radius 1 is 1.27 bits per heavy atom. The molecule has 0 atom stereocenters. The van der Waals surface area contributed by atoms with Gasteiger partial charge in [0.2, 0.25) is 0 Å². The molecule has 0 bridgehead atoms. The van der Waals surface area contributed by atoms with Crippen LogP contribution in [0, 0.1) is 0 Å². The molecule has 15 heavy (non-hydrogen) atoms. The van der Waals surface area contributed by atoms with Crippen molar-refractivity contribution in [3.8, 4) is 0 Å². The van der Waals surface area contributed by atoms with Crippen LogP contribution in [0.5, 0.6) is 0 Å². The van der Waals surface area contributed by atoms with Crippen LogP contribution in [-0.2, 0) is 10.0 Å². The second-order valence-corrected chi connectivity index (χ2v) is 4.99. The van der Waals surface area contributed by atoms with Crippen molar-refractivity contribution in [1.29, 1.82) is 0 Å². The molecule has 0 saturated heterocycles. The molecule has 80 valence electrons. The molecule has 0 fully saturated rings. The van der Waals surface area contributed by atoms with Crippen LogP contribution < -0.4 is 5.43 Å². The van der Waals surface area contributed by atoms with Crippen LogP contribution in [0.25, 0.3) is 0 Å². The molecule has 0 unspecified atom stereocenters. The lowest BCUT2D eigenvalue weighted by Gasteiger charge is -2.12. The maximum atomic E-state index is 11.6. The zero-order valence-electron chi connectivity index (χ0n) is 8.43. The van der Waals surface area contributed by atoms with E-state index in [1.807, 2.05) is 0 Å². The number of hydrogen-bond donors (Lipinski definition) is 1. The van der Waals surface area contributed by atoms with Crippen LogP contribution >= 0.6 is 0 Å². The van der Waals surface area contributed by atoms with Gasteiger partial charge < -0.3 is 5.43 Å². The highest BCUT2D eigenvalue weighted by Crippen LogP contribution is 2.24. The highest BCUT2D eigenvalue weighted by molar-refractivity contribution is 7.90. The lowest BCUT2D eigenvalue weighted by Crippen LogP contribution is -2.36. The second-order valence-electron chi connectivity index (χ2n) is 3.42. The third-order valence-corrected chi connectivity index (χ3v) is 3.30. The van der Waals surface area contributed by atoms with Gasteiger partial charge in [0.1, 0.15) is 4.90 Å². The number of sulfonamides is 1. The maximum absolute atomic E-state index is 11.6. The monoisotopic (exact) mass is 225 g/mol. The fourth-order valence-electron chi connectivity index (χ4n) is 1.40. The zero-order valence-corrected chi connectivity index (χ0v) is 9.25. The summed E-state index contributed by atoms with van der Waals surface area (Å²) in [4.78, 5) is 0.259. The fourth-order valence-corrected chi connectivity index (χ4v) is 2.57. The SMILES string of the molecule is CN(C)NC1=NS(=O)(=O)c2ccccc21. The van der Waals surface area contributed by atoms with E-state index in [-0.39, 0.29) is 4.90 Å². The molecule has 0 radical (unpaired) electrons. The molecule has 0 saturated carbocycles. The molecule has 0 spiro atoms. The van der Waals surface area contributed by atoms with Gasteiger partial charge in [0, 0.05) is 19.7 Å². The van der Waals surface area contributed by atoms with Crippen molar-refractivity contribution in [3.05, 3.63) is 29.8 Å². The van der Waals surface area contributed by atoms with E-state index in [1.54, 1.807) is 43.4 Å². The Morgan fingerprint density at radius 2 is 1.93 bits per heavy atom. The topological polar surface area (TPSA) is 61.8 Å². The number of nitrogens with one attached hydrogen (secondary N) is 1. The predicted octanol–water partition coefficient (Wildman–Crippen LogP) is 0.202. The summed E-state index contributed by atoms with van der Waals surface area (Å²) in [7, 11) is 0.0462. The third-order valence-electron chi connectivity index (χ3n) is 1.96. The standard InChI is InChI=1S/C9H11N3O2S/c1-12(2)10-9-7-5-3-4-6-8(7)15(13,14)11-9/h3-6H,1-2H3,(H,10,11). The number of hydrogen-bond acceptors (Lipinski definition) is 4. The zero-order chi connectivity index (χ0) is 11.1. The predicted molar refractivity (Wildman–Crippen MR) is 57.0 cm³/mol. The van der Waals surface area contributed by atoms with Crippen LogP contribution in [0.3, 0.4) is 0 Å². The molecule has 1 aromatic carbocycles. The summed E-state index contributed by atoms with van der Waals surface area (Å²) < 4.78 is 26.9. The quantitative estimate of drug-likeness (QED) is 0.694. The molecular formula is C9H11N3O2S. The lowest BCUT2D eigenvalue weighted by molar-refractivity contribution is 0.363. The summed E-state index contributed by atoms with van der Waals surface area (Å²) in [6.45, 7) is 0. The Bertz CT molecular complexity index is 520. The van der Waals surface area contributed by atoms with E-state index >= 15 is 0 Å². The Kier molecular flexibility index (Phi) is 2.24. The summed E-state index contributed by atoms with van der Waals surface area (Å²) in [5, 5.41) is 1.65. The first kappa shape index (κ1) is 10.1. The highest BCUT2D eigenvalue weighted by atomic mass is 32.2. The van der Waals surface area contributed by atoms with E-state index in [0.29, 0.717) is 11.4 Å². The maximum Gasteiger partial charge on any atom is 0.285 e. The molecule has 0 aliphatic carbocycles. The molecule has 1 N–H and O–H groups in total. The van der Waals surface area contributed by atoms with Crippen molar-refractivity contribution in [2.75, 3.05) is 14.1 Å². The van der Waals surface area contributed by atoms with Gasteiger partial charge in [-0.2, -0.15) is 8.42 Å². The minimum Gasteiger partial charge on any atom is -0.302 e. The fraction of sp³-hybridized carbons (Fsp3) is 0.222. The van der Waals surface area contributed by atoms with Crippen LogP contribution in [0.1, 0.15) is 5.56 Å². The number of hydrazine groups is 1. The molecule has 6 heteroatoms. The summed E-state index contributed by atoms with van der Waals surface area (Å²) >= 11 is 0. The van der Waals surface area contributed by atoms with Gasteiger partial charge in [-0.25, -0.2) is 5.01 Å². The average molecular weight is 225 g/mol. The Labute approximate surface area is 88.5 Å². The van der Waals surface area contributed by atoms with E-state index in [0.717, 1.165) is 0 Å². The van der Waals surface area contributed by atoms with Crippen LogP contribution in [0.4, 0.5) is 0 Å². The van der Waals surface area contributed by atoms with Gasteiger partial charge >= 0.3 is 0 Å². The molecule has 0 amide bonds. The van der Waals surface area contributed by atoms with E-state index < -0.39 is 10.0 Å². The van der Waals surface area contributed by atoms with Gasteiger partial charge in [-0.3, -0.25) is 0 Å². The number of fused-ring (bicyclic) bond motifs is 1. The van der Waals surface area contributed by atoms with Crippen LogP contribution in [-0.4, -0.2) is 33.4 Å². The van der Waals surface area contributed by atoms with Crippen LogP contribution in [0.2, 0.25) is 0 Å². The van der Waals surface area contributed by atoms with Gasteiger partial charge in [0.05, 0.1) is 0 Å². The number of amidine groups is 1. The second kappa shape index (κ2) is 3.32. The van der Waals surface area contributed by atoms with Crippen molar-refractivity contribution in [2.24, 2.45) is 4.40 Å². The highest BCUT2D eigenvalue weighted by Gasteiger charge is 2.28. The first-order chi connectivity index (χ1) is 7.00. The van der Waals surface area contributed by atoms with Crippen LogP contribution in [0.15, 0.2) is 33.6 Å². The van der Waals surface area contributed by atoms with Crippen molar-refractivity contribution < 1.29 is 8.42 Å². The normalized spacial score (nSPS) is 17.4. The van der Waals surface area contributed by atoms with Gasteiger partial charge in [0.25, 0.3) is 10.0 Å². The average Bonchev–Trinajstić information content (AvgIpc) is 2.39. The first-order valence-electron chi connectivity index (χ1n) is 4.39. The van der Waals surface area contributed by atoms with Crippen molar-refractivity contribution >= 4 is 15.9 Å². The van der Waals surface area contributed by atoms with E-state index in [9.17, 15) is 8.42 Å². The Morgan fingerprint density at radius 3 is 2.60 bits per heavy atom. The molecule has 1 aliphatic rings. The molecule has 0 aromatic heterocycles. The van der Waals surface area contributed by atoms with Crippen molar-refractivity contribution in [2.45, 2.75) is 4.90 Å². The molecule has 2 rings (SSSR count). The molecule has 1 aliphatic heterocycles. The lowest BCUT2D eigenvalue weighted by atomic mass is 10.2. The van der Waals surface area contributed by atoms with E-state index in [2.05, 4.69) is 9.82 Å². The van der Waals surface area contributed by atoms with E-state index in [4.69, 9.17) is 0 Å². The van der Waals surface area contributed by atoms with Crippen molar-refractivity contribution in [3.63, 3.8) is 0 Å². The summed E-state index contributed by atoms with van der Waals surface area (Å²) in [5.41, 5.74) is 3.47. The summed E-state index contributed by atoms with van der Waals surface area (Å²) in [5.74, 6) is 0.371. The minimum atomic E-state index is -3.50. The number of rotatable bonds is 1. The summed E-state index contributed by atoms with van der Waals surface area (Å²) in [6.07, 6.45) is 0. The largest absolute Gasteiger partial charge is 0.302 e. The number of benzene rings is 1.